The molecule has 3 amide bonds. The van der Waals surface area contributed by atoms with E-state index in [4.69, 9.17) is 17.3 Å². The molecule has 0 atom stereocenters. The van der Waals surface area contributed by atoms with E-state index in [1.165, 1.54) is 11.8 Å². The molecule has 0 spiro atoms. The third-order valence-corrected chi connectivity index (χ3v) is 6.01. The number of carbonyl (C=O) groups is 3. The summed E-state index contributed by atoms with van der Waals surface area (Å²) in [6.45, 7) is 1.49. The van der Waals surface area contributed by atoms with Gasteiger partial charge in [0.15, 0.2) is 0 Å². The molecule has 8 heteroatoms. The lowest BCUT2D eigenvalue weighted by atomic mass is 10.1. The van der Waals surface area contributed by atoms with Crippen LogP contribution in [0.2, 0.25) is 5.02 Å². The Kier molecular flexibility index (Phi) is 7.17. The first kappa shape index (κ1) is 21.2. The molecular weight excluding hydrogens is 410 g/mol. The molecule has 1 fully saturated rings. The van der Waals surface area contributed by atoms with Crippen molar-refractivity contribution in [1.29, 1.82) is 0 Å². The molecule has 1 heterocycles. The van der Waals surface area contributed by atoms with E-state index in [0.29, 0.717) is 26.7 Å². The topological polar surface area (TPSA) is 92.5 Å². The molecule has 152 valence electrons. The van der Waals surface area contributed by atoms with Gasteiger partial charge in [-0.2, -0.15) is 0 Å². The summed E-state index contributed by atoms with van der Waals surface area (Å²) in [5.74, 6) is -0.779. The Labute approximate surface area is 178 Å². The molecule has 2 aromatic carbocycles. The molecule has 29 heavy (non-hydrogen) atoms. The molecular formula is C21H22ClN3O3S. The Morgan fingerprint density at radius 3 is 2.45 bits per heavy atom. The number of likely N-dealkylation sites (tertiary alicyclic amines) is 1. The van der Waals surface area contributed by atoms with Crippen molar-refractivity contribution in [1.82, 2.24) is 4.90 Å². The molecule has 3 N–H and O–H groups in total. The fourth-order valence-electron chi connectivity index (χ4n) is 3.16. The Morgan fingerprint density at radius 1 is 1.03 bits per heavy atom. The van der Waals surface area contributed by atoms with Crippen molar-refractivity contribution in [2.45, 2.75) is 24.2 Å². The highest BCUT2D eigenvalue weighted by Crippen LogP contribution is 2.26. The second kappa shape index (κ2) is 9.80. The number of primary amides is 1. The first-order chi connectivity index (χ1) is 14.0. The van der Waals surface area contributed by atoms with E-state index in [1.54, 1.807) is 42.5 Å². The van der Waals surface area contributed by atoms with Gasteiger partial charge in [0.05, 0.1) is 21.9 Å². The van der Waals surface area contributed by atoms with Crippen LogP contribution in [0.5, 0.6) is 0 Å². The molecule has 0 aromatic heterocycles. The van der Waals surface area contributed by atoms with Crippen LogP contribution in [0.1, 0.15) is 40.0 Å². The van der Waals surface area contributed by atoms with Crippen molar-refractivity contribution in [3.05, 3.63) is 58.6 Å². The largest absolute Gasteiger partial charge is 0.369 e. The van der Waals surface area contributed by atoms with Gasteiger partial charge in [0.1, 0.15) is 0 Å². The van der Waals surface area contributed by atoms with E-state index in [1.807, 2.05) is 4.90 Å². The lowest BCUT2D eigenvalue weighted by molar-refractivity contribution is -0.115. The highest BCUT2D eigenvalue weighted by molar-refractivity contribution is 8.00. The monoisotopic (exact) mass is 431 g/mol. The lowest BCUT2D eigenvalue weighted by Crippen LogP contribution is -2.35. The van der Waals surface area contributed by atoms with Crippen LogP contribution in [-0.4, -0.2) is 41.5 Å². The second-order valence-corrected chi connectivity index (χ2v) is 8.18. The summed E-state index contributed by atoms with van der Waals surface area (Å²) in [6.07, 6.45) is 3.15. The summed E-state index contributed by atoms with van der Waals surface area (Å²) >= 11 is 7.54. The summed E-state index contributed by atoms with van der Waals surface area (Å²) in [5, 5.41) is 3.10. The van der Waals surface area contributed by atoms with Gasteiger partial charge in [-0.15, -0.1) is 11.8 Å². The van der Waals surface area contributed by atoms with Crippen molar-refractivity contribution in [2.24, 2.45) is 5.73 Å². The number of amides is 3. The van der Waals surface area contributed by atoms with Crippen molar-refractivity contribution < 1.29 is 14.4 Å². The van der Waals surface area contributed by atoms with Crippen molar-refractivity contribution in [3.63, 3.8) is 0 Å². The molecule has 1 aliphatic rings. The molecule has 2 aromatic rings. The van der Waals surface area contributed by atoms with Crippen molar-refractivity contribution in [3.8, 4) is 0 Å². The number of hydrogen-bond acceptors (Lipinski definition) is 4. The number of nitrogens with zero attached hydrogens (tertiary/aromatic N) is 1. The highest BCUT2D eigenvalue weighted by atomic mass is 35.5. The molecule has 0 radical (unpaired) electrons. The van der Waals surface area contributed by atoms with Crippen LogP contribution >= 0.6 is 23.4 Å². The predicted molar refractivity (Wildman–Crippen MR) is 116 cm³/mol. The normalized spacial score (nSPS) is 13.8. The molecule has 0 bridgehead atoms. The zero-order valence-electron chi connectivity index (χ0n) is 15.8. The van der Waals surface area contributed by atoms with E-state index in [2.05, 4.69) is 5.32 Å². The van der Waals surface area contributed by atoms with E-state index >= 15 is 0 Å². The van der Waals surface area contributed by atoms with Gasteiger partial charge in [0, 0.05) is 23.7 Å². The Hall–Kier alpha value is -2.51. The Morgan fingerprint density at radius 2 is 1.76 bits per heavy atom. The summed E-state index contributed by atoms with van der Waals surface area (Å²) in [6, 6.07) is 11.9. The smallest absolute Gasteiger partial charge is 0.256 e. The molecule has 3 rings (SSSR count). The SMILES string of the molecule is NC(=O)CSc1ccccc1C(=O)Nc1ccc(C(=O)N2CCCCC2)c(Cl)c1. The first-order valence-electron chi connectivity index (χ1n) is 9.36. The Balaban J connectivity index is 1.72. The predicted octanol–water partition coefficient (Wildman–Crippen LogP) is 3.80. The zero-order valence-corrected chi connectivity index (χ0v) is 17.4. The van der Waals surface area contributed by atoms with E-state index in [-0.39, 0.29) is 17.6 Å². The van der Waals surface area contributed by atoms with Gasteiger partial charge in [-0.3, -0.25) is 14.4 Å². The maximum Gasteiger partial charge on any atom is 0.256 e. The third kappa shape index (κ3) is 5.52. The van der Waals surface area contributed by atoms with Crippen LogP contribution in [0.25, 0.3) is 0 Å². The standard InChI is InChI=1S/C21H22ClN3O3S/c22-17-12-14(8-9-15(17)21(28)25-10-4-1-5-11-25)24-20(27)16-6-2-3-7-18(16)29-13-19(23)26/h2-3,6-9,12H,1,4-5,10-11,13H2,(H2,23,26)(H,24,27). The summed E-state index contributed by atoms with van der Waals surface area (Å²) in [4.78, 5) is 38.9. The average molecular weight is 432 g/mol. The fraction of sp³-hybridized carbons (Fsp3) is 0.286. The van der Waals surface area contributed by atoms with Crippen LogP contribution in [0.3, 0.4) is 0 Å². The minimum atomic E-state index is -0.453. The molecule has 1 aliphatic heterocycles. The average Bonchev–Trinajstić information content (AvgIpc) is 2.72. The molecule has 6 nitrogen and oxygen atoms in total. The zero-order chi connectivity index (χ0) is 20.8. The molecule has 0 unspecified atom stereocenters. The number of hydrogen-bond donors (Lipinski definition) is 2. The lowest BCUT2D eigenvalue weighted by Gasteiger charge is -2.27. The van der Waals surface area contributed by atoms with Gasteiger partial charge in [-0.25, -0.2) is 0 Å². The maximum atomic E-state index is 12.7. The first-order valence-corrected chi connectivity index (χ1v) is 10.7. The summed E-state index contributed by atoms with van der Waals surface area (Å²) in [5.41, 5.74) is 6.55. The second-order valence-electron chi connectivity index (χ2n) is 6.75. The minimum absolute atomic E-state index is 0.0826. The number of rotatable bonds is 6. The van der Waals surface area contributed by atoms with E-state index in [9.17, 15) is 14.4 Å². The van der Waals surface area contributed by atoms with Gasteiger partial charge in [0.25, 0.3) is 11.8 Å². The van der Waals surface area contributed by atoms with Crippen LogP contribution in [0.4, 0.5) is 5.69 Å². The number of benzene rings is 2. The van der Waals surface area contributed by atoms with Gasteiger partial charge in [-0.05, 0) is 49.6 Å². The van der Waals surface area contributed by atoms with Crippen LogP contribution < -0.4 is 11.1 Å². The molecule has 1 saturated heterocycles. The quantitative estimate of drug-likeness (QED) is 0.680. The van der Waals surface area contributed by atoms with Crippen LogP contribution in [-0.2, 0) is 4.79 Å². The van der Waals surface area contributed by atoms with Gasteiger partial charge in [-0.1, -0.05) is 23.7 Å². The molecule has 0 saturated carbocycles. The number of thioether (sulfide) groups is 1. The maximum absolute atomic E-state index is 12.7. The summed E-state index contributed by atoms with van der Waals surface area (Å²) < 4.78 is 0. The van der Waals surface area contributed by atoms with E-state index in [0.717, 1.165) is 32.4 Å². The van der Waals surface area contributed by atoms with E-state index < -0.39 is 5.91 Å². The highest BCUT2D eigenvalue weighted by Gasteiger charge is 2.21. The van der Waals surface area contributed by atoms with Crippen molar-refractivity contribution in [2.75, 3.05) is 24.2 Å². The number of nitrogens with two attached hydrogens (primary N) is 1. The number of piperidine rings is 1. The van der Waals surface area contributed by atoms with Crippen LogP contribution in [0, 0.1) is 0 Å². The summed E-state index contributed by atoms with van der Waals surface area (Å²) in [7, 11) is 0. The number of carbonyl (C=O) groups excluding carboxylic acids is 3. The number of anilines is 1. The van der Waals surface area contributed by atoms with Crippen molar-refractivity contribution >= 4 is 46.8 Å². The van der Waals surface area contributed by atoms with Gasteiger partial charge in [0.2, 0.25) is 5.91 Å². The number of nitrogens with one attached hydrogen (secondary N) is 1. The molecule has 0 aliphatic carbocycles. The fourth-order valence-corrected chi connectivity index (χ4v) is 4.21. The third-order valence-electron chi connectivity index (χ3n) is 4.60. The van der Waals surface area contributed by atoms with Gasteiger partial charge < -0.3 is 16.0 Å². The Bertz CT molecular complexity index is 929. The van der Waals surface area contributed by atoms with Gasteiger partial charge >= 0.3 is 0 Å². The van der Waals surface area contributed by atoms with Crippen LogP contribution in [0.15, 0.2) is 47.4 Å². The minimum Gasteiger partial charge on any atom is -0.369 e. The number of halogens is 1.